The largest absolute Gasteiger partial charge is 0.496 e. The number of nitrogens with one attached hydrogen (secondary N) is 1. The first kappa shape index (κ1) is 13.9. The fourth-order valence-corrected chi connectivity index (χ4v) is 3.84. The van der Waals surface area contributed by atoms with Gasteiger partial charge in [-0.1, -0.05) is 15.9 Å². The van der Waals surface area contributed by atoms with Crippen LogP contribution in [0.5, 0.6) is 5.75 Å². The van der Waals surface area contributed by atoms with E-state index in [9.17, 15) is 4.79 Å². The van der Waals surface area contributed by atoms with Crippen molar-refractivity contribution in [3.05, 3.63) is 28.2 Å². The molecule has 3 rings (SSSR count). The van der Waals surface area contributed by atoms with Gasteiger partial charge in [0.2, 0.25) is 0 Å². The second-order valence-electron chi connectivity index (χ2n) is 5.63. The molecule has 0 aromatic heterocycles. The van der Waals surface area contributed by atoms with Gasteiger partial charge in [0.05, 0.1) is 12.7 Å². The van der Waals surface area contributed by atoms with Gasteiger partial charge in [0.25, 0.3) is 5.91 Å². The van der Waals surface area contributed by atoms with E-state index < -0.39 is 0 Å². The Kier molecular flexibility index (Phi) is 3.73. The van der Waals surface area contributed by atoms with Crippen LogP contribution in [-0.2, 0) is 0 Å². The maximum Gasteiger partial charge on any atom is 0.258 e. The number of ether oxygens (including phenoxy) is 1. The van der Waals surface area contributed by atoms with E-state index in [4.69, 9.17) is 4.74 Å². The molecule has 5 heteroatoms. The lowest BCUT2D eigenvalue weighted by atomic mass is 10.0. The van der Waals surface area contributed by atoms with Crippen molar-refractivity contribution in [3.63, 3.8) is 0 Å². The number of carbonyl (C=O) groups is 1. The summed E-state index contributed by atoms with van der Waals surface area (Å²) in [6.07, 6.45) is 1.09. The summed E-state index contributed by atoms with van der Waals surface area (Å²) >= 11 is 3.41. The molecule has 2 aliphatic heterocycles. The van der Waals surface area contributed by atoms with Crippen LogP contribution in [0.1, 0.15) is 23.7 Å². The van der Waals surface area contributed by atoms with Gasteiger partial charge in [-0.15, -0.1) is 0 Å². The molecule has 0 radical (unpaired) electrons. The fourth-order valence-electron chi connectivity index (χ4n) is 3.50. The van der Waals surface area contributed by atoms with Crippen molar-refractivity contribution in [2.45, 2.75) is 25.4 Å². The summed E-state index contributed by atoms with van der Waals surface area (Å²) in [7, 11) is 1.60. The van der Waals surface area contributed by atoms with Crippen LogP contribution in [0.4, 0.5) is 0 Å². The molecule has 2 aliphatic rings. The summed E-state index contributed by atoms with van der Waals surface area (Å²) in [6, 6.07) is 6.20. The molecule has 1 aromatic rings. The lowest BCUT2D eigenvalue weighted by Crippen LogP contribution is -2.42. The van der Waals surface area contributed by atoms with Crippen LogP contribution in [0.25, 0.3) is 0 Å². The van der Waals surface area contributed by atoms with Gasteiger partial charge >= 0.3 is 0 Å². The van der Waals surface area contributed by atoms with E-state index in [1.54, 1.807) is 7.11 Å². The summed E-state index contributed by atoms with van der Waals surface area (Å²) in [5, 5.41) is 3.39. The first-order valence-electron chi connectivity index (χ1n) is 6.98. The van der Waals surface area contributed by atoms with E-state index in [0.717, 1.165) is 24.0 Å². The number of benzene rings is 1. The van der Waals surface area contributed by atoms with Gasteiger partial charge in [-0.05, 0) is 37.5 Å². The normalized spacial score (nSPS) is 28.6. The standard InChI is InChI=1S/C15H19BrN2O2/c1-9-5-10-7-17-8-13(10)18(9)15(19)12-4-3-11(16)6-14(12)20-2/h3-4,6,9-10,13,17H,5,7-8H2,1-2H3. The minimum Gasteiger partial charge on any atom is -0.496 e. The zero-order valence-electron chi connectivity index (χ0n) is 11.7. The number of rotatable bonds is 2. The van der Waals surface area contributed by atoms with Gasteiger partial charge < -0.3 is 15.0 Å². The van der Waals surface area contributed by atoms with E-state index in [2.05, 4.69) is 28.2 Å². The Morgan fingerprint density at radius 2 is 2.25 bits per heavy atom. The van der Waals surface area contributed by atoms with Crippen molar-refractivity contribution < 1.29 is 9.53 Å². The quantitative estimate of drug-likeness (QED) is 0.899. The van der Waals surface area contributed by atoms with Crippen LogP contribution < -0.4 is 10.1 Å². The minimum atomic E-state index is 0.0815. The number of nitrogens with zero attached hydrogens (tertiary/aromatic N) is 1. The number of likely N-dealkylation sites (tertiary alicyclic amines) is 1. The van der Waals surface area contributed by atoms with E-state index in [1.165, 1.54) is 0 Å². The molecule has 2 fully saturated rings. The molecule has 0 aliphatic carbocycles. The Bertz CT molecular complexity index is 535. The molecule has 2 saturated heterocycles. The third kappa shape index (κ3) is 2.23. The van der Waals surface area contributed by atoms with Crippen LogP contribution in [0, 0.1) is 5.92 Å². The second kappa shape index (κ2) is 5.37. The molecule has 3 atom stereocenters. The average molecular weight is 339 g/mol. The number of hydrogen-bond acceptors (Lipinski definition) is 3. The first-order valence-corrected chi connectivity index (χ1v) is 7.78. The molecule has 1 aromatic carbocycles. The summed E-state index contributed by atoms with van der Waals surface area (Å²) < 4.78 is 6.28. The number of amides is 1. The topological polar surface area (TPSA) is 41.6 Å². The zero-order chi connectivity index (χ0) is 14.3. The van der Waals surface area contributed by atoms with Crippen molar-refractivity contribution in [3.8, 4) is 5.75 Å². The lowest BCUT2D eigenvalue weighted by Gasteiger charge is -2.28. The summed E-state index contributed by atoms with van der Waals surface area (Å²) in [4.78, 5) is 14.9. The molecule has 1 amide bonds. The first-order chi connectivity index (χ1) is 9.61. The number of carbonyl (C=O) groups excluding carboxylic acids is 1. The molecule has 1 N–H and O–H groups in total. The molecule has 0 saturated carbocycles. The maximum absolute atomic E-state index is 12.9. The molecule has 0 spiro atoms. The van der Waals surface area contributed by atoms with Crippen molar-refractivity contribution in [2.75, 3.05) is 20.2 Å². The Morgan fingerprint density at radius 3 is 3.00 bits per heavy atom. The van der Waals surface area contributed by atoms with E-state index in [1.807, 2.05) is 23.1 Å². The van der Waals surface area contributed by atoms with E-state index in [0.29, 0.717) is 29.3 Å². The molecule has 3 unspecified atom stereocenters. The molecular formula is C15H19BrN2O2. The third-order valence-corrected chi connectivity index (χ3v) is 4.90. The Morgan fingerprint density at radius 1 is 1.45 bits per heavy atom. The summed E-state index contributed by atoms with van der Waals surface area (Å²) in [5.41, 5.74) is 0.648. The van der Waals surface area contributed by atoms with Crippen molar-refractivity contribution in [2.24, 2.45) is 5.92 Å². The van der Waals surface area contributed by atoms with Gasteiger partial charge in [-0.25, -0.2) is 0 Å². The predicted octanol–water partition coefficient (Wildman–Crippen LogP) is 2.28. The molecule has 108 valence electrons. The minimum absolute atomic E-state index is 0.0815. The molecule has 4 nitrogen and oxygen atoms in total. The second-order valence-corrected chi connectivity index (χ2v) is 6.54. The van der Waals surface area contributed by atoms with Gasteiger partial charge in [0.15, 0.2) is 0 Å². The Labute approximate surface area is 127 Å². The molecular weight excluding hydrogens is 320 g/mol. The van der Waals surface area contributed by atoms with Gasteiger partial charge in [0, 0.05) is 29.6 Å². The lowest BCUT2D eigenvalue weighted by molar-refractivity contribution is 0.0678. The Hall–Kier alpha value is -1.07. The Balaban J connectivity index is 1.92. The summed E-state index contributed by atoms with van der Waals surface area (Å²) in [5.74, 6) is 1.31. The van der Waals surface area contributed by atoms with Crippen LogP contribution in [-0.4, -0.2) is 43.1 Å². The van der Waals surface area contributed by atoms with E-state index >= 15 is 0 Å². The maximum atomic E-state index is 12.9. The average Bonchev–Trinajstić information content (AvgIpc) is 2.97. The number of methoxy groups -OCH3 is 1. The van der Waals surface area contributed by atoms with Crippen LogP contribution in [0.3, 0.4) is 0 Å². The number of hydrogen-bond donors (Lipinski definition) is 1. The van der Waals surface area contributed by atoms with Gasteiger partial charge in [-0.3, -0.25) is 4.79 Å². The fraction of sp³-hybridized carbons (Fsp3) is 0.533. The smallest absolute Gasteiger partial charge is 0.258 e. The molecule has 0 bridgehead atoms. The van der Waals surface area contributed by atoms with Crippen molar-refractivity contribution in [1.82, 2.24) is 10.2 Å². The number of halogens is 1. The van der Waals surface area contributed by atoms with E-state index in [-0.39, 0.29) is 5.91 Å². The summed E-state index contributed by atoms with van der Waals surface area (Å²) in [6.45, 7) is 4.07. The highest BCUT2D eigenvalue weighted by molar-refractivity contribution is 9.10. The van der Waals surface area contributed by atoms with Crippen LogP contribution in [0.15, 0.2) is 22.7 Å². The zero-order valence-corrected chi connectivity index (χ0v) is 13.3. The monoisotopic (exact) mass is 338 g/mol. The molecule has 20 heavy (non-hydrogen) atoms. The van der Waals surface area contributed by atoms with Crippen LogP contribution in [0.2, 0.25) is 0 Å². The molecule has 2 heterocycles. The number of fused-ring (bicyclic) bond motifs is 1. The highest BCUT2D eigenvalue weighted by atomic mass is 79.9. The highest BCUT2D eigenvalue weighted by Gasteiger charge is 2.44. The highest BCUT2D eigenvalue weighted by Crippen LogP contribution is 2.35. The van der Waals surface area contributed by atoms with Crippen molar-refractivity contribution in [1.29, 1.82) is 0 Å². The predicted molar refractivity (Wildman–Crippen MR) is 81.1 cm³/mol. The third-order valence-electron chi connectivity index (χ3n) is 4.41. The van der Waals surface area contributed by atoms with Gasteiger partial charge in [-0.2, -0.15) is 0 Å². The van der Waals surface area contributed by atoms with Gasteiger partial charge in [0.1, 0.15) is 5.75 Å². The van der Waals surface area contributed by atoms with Crippen LogP contribution >= 0.6 is 15.9 Å². The van der Waals surface area contributed by atoms with Crippen molar-refractivity contribution >= 4 is 21.8 Å². The SMILES string of the molecule is COc1cc(Br)ccc1C(=O)N1C(C)CC2CNCC21.